The monoisotopic (exact) mass is 329 g/mol. The van der Waals surface area contributed by atoms with E-state index in [0.29, 0.717) is 6.54 Å². The molecule has 0 saturated heterocycles. The number of anilines is 1. The van der Waals surface area contributed by atoms with Crippen LogP contribution in [0.1, 0.15) is 5.56 Å². The summed E-state index contributed by atoms with van der Waals surface area (Å²) >= 11 is 0. The SMILES string of the molecule is C#CCOc1ccccc1CNc1ccc(Oc2ccccc2)cc1. The van der Waals surface area contributed by atoms with Crippen molar-refractivity contribution in [3.8, 4) is 29.6 Å². The molecule has 3 rings (SSSR count). The largest absolute Gasteiger partial charge is 0.481 e. The Morgan fingerprint density at radius 3 is 2.24 bits per heavy atom. The predicted molar refractivity (Wildman–Crippen MR) is 101 cm³/mol. The van der Waals surface area contributed by atoms with Crippen molar-refractivity contribution >= 4 is 5.69 Å². The number of rotatable bonds is 7. The van der Waals surface area contributed by atoms with Crippen LogP contribution in [-0.4, -0.2) is 6.61 Å². The van der Waals surface area contributed by atoms with Crippen LogP contribution in [0.3, 0.4) is 0 Å². The average molecular weight is 329 g/mol. The second-order valence-corrected chi connectivity index (χ2v) is 5.39. The van der Waals surface area contributed by atoms with Crippen molar-refractivity contribution < 1.29 is 9.47 Å². The van der Waals surface area contributed by atoms with Gasteiger partial charge in [0.2, 0.25) is 0 Å². The van der Waals surface area contributed by atoms with Gasteiger partial charge in [0.1, 0.15) is 23.9 Å². The number of nitrogens with one attached hydrogen (secondary N) is 1. The van der Waals surface area contributed by atoms with Crippen LogP contribution in [0, 0.1) is 12.3 Å². The molecule has 3 aromatic carbocycles. The zero-order valence-corrected chi connectivity index (χ0v) is 13.8. The van der Waals surface area contributed by atoms with Gasteiger partial charge in [0, 0.05) is 17.8 Å². The van der Waals surface area contributed by atoms with E-state index in [4.69, 9.17) is 15.9 Å². The van der Waals surface area contributed by atoms with Gasteiger partial charge in [-0.05, 0) is 42.5 Å². The van der Waals surface area contributed by atoms with Crippen LogP contribution in [0.5, 0.6) is 17.2 Å². The topological polar surface area (TPSA) is 30.5 Å². The minimum atomic E-state index is 0.266. The molecule has 0 aromatic heterocycles. The molecule has 0 fully saturated rings. The smallest absolute Gasteiger partial charge is 0.148 e. The van der Waals surface area contributed by atoms with Gasteiger partial charge >= 0.3 is 0 Å². The van der Waals surface area contributed by atoms with Crippen molar-refractivity contribution in [1.29, 1.82) is 0 Å². The van der Waals surface area contributed by atoms with Gasteiger partial charge in [-0.2, -0.15) is 0 Å². The molecule has 3 aromatic rings. The van der Waals surface area contributed by atoms with Crippen molar-refractivity contribution in [3.05, 3.63) is 84.4 Å². The van der Waals surface area contributed by atoms with Crippen molar-refractivity contribution in [2.24, 2.45) is 0 Å². The Morgan fingerprint density at radius 1 is 0.800 bits per heavy atom. The van der Waals surface area contributed by atoms with Crippen LogP contribution in [-0.2, 0) is 6.54 Å². The molecule has 0 radical (unpaired) electrons. The fourth-order valence-corrected chi connectivity index (χ4v) is 2.37. The molecule has 0 saturated carbocycles. The first-order valence-corrected chi connectivity index (χ1v) is 8.06. The Balaban J connectivity index is 1.60. The molecule has 0 aliphatic carbocycles. The summed E-state index contributed by atoms with van der Waals surface area (Å²) in [6.45, 7) is 0.919. The molecule has 3 heteroatoms. The molecular weight excluding hydrogens is 310 g/mol. The third-order valence-electron chi connectivity index (χ3n) is 3.60. The molecule has 0 amide bonds. The molecule has 0 bridgehead atoms. The van der Waals surface area contributed by atoms with Crippen LogP contribution in [0.15, 0.2) is 78.9 Å². The fourth-order valence-electron chi connectivity index (χ4n) is 2.37. The number of benzene rings is 3. The Morgan fingerprint density at radius 2 is 1.48 bits per heavy atom. The molecule has 124 valence electrons. The summed E-state index contributed by atoms with van der Waals surface area (Å²) in [6, 6.07) is 25.4. The first-order valence-electron chi connectivity index (χ1n) is 8.06. The highest BCUT2D eigenvalue weighted by Gasteiger charge is 2.03. The molecule has 0 aliphatic rings. The quantitative estimate of drug-likeness (QED) is 0.612. The fraction of sp³-hybridized carbons (Fsp3) is 0.0909. The summed E-state index contributed by atoms with van der Waals surface area (Å²) in [7, 11) is 0. The molecule has 0 heterocycles. The van der Waals surface area contributed by atoms with Crippen molar-refractivity contribution in [2.45, 2.75) is 6.54 Å². The highest BCUT2D eigenvalue weighted by atomic mass is 16.5. The van der Waals surface area contributed by atoms with E-state index in [1.165, 1.54) is 0 Å². The Bertz CT molecular complexity index is 836. The molecular formula is C22H19NO2. The van der Waals surface area contributed by atoms with Gasteiger partial charge in [-0.15, -0.1) is 6.42 Å². The van der Waals surface area contributed by atoms with Gasteiger partial charge < -0.3 is 14.8 Å². The van der Waals surface area contributed by atoms with Gasteiger partial charge in [0.25, 0.3) is 0 Å². The molecule has 3 nitrogen and oxygen atoms in total. The molecule has 0 unspecified atom stereocenters. The van der Waals surface area contributed by atoms with E-state index in [9.17, 15) is 0 Å². The Labute approximate surface area is 148 Å². The van der Waals surface area contributed by atoms with Crippen molar-refractivity contribution in [1.82, 2.24) is 0 Å². The molecule has 0 aliphatic heterocycles. The zero-order chi connectivity index (χ0) is 17.3. The summed E-state index contributed by atoms with van der Waals surface area (Å²) in [4.78, 5) is 0. The zero-order valence-electron chi connectivity index (χ0n) is 13.8. The van der Waals surface area contributed by atoms with Crippen LogP contribution in [0.25, 0.3) is 0 Å². The van der Waals surface area contributed by atoms with Gasteiger partial charge in [0.05, 0.1) is 0 Å². The lowest BCUT2D eigenvalue weighted by Gasteiger charge is -2.12. The van der Waals surface area contributed by atoms with Gasteiger partial charge in [0.15, 0.2) is 0 Å². The molecule has 0 spiro atoms. The predicted octanol–water partition coefficient (Wildman–Crippen LogP) is 5.10. The number of terminal acetylenes is 1. The lowest BCUT2D eigenvalue weighted by atomic mass is 10.2. The Hall–Kier alpha value is -3.38. The van der Waals surface area contributed by atoms with Crippen LogP contribution >= 0.6 is 0 Å². The van der Waals surface area contributed by atoms with E-state index in [1.54, 1.807) is 0 Å². The maximum Gasteiger partial charge on any atom is 0.148 e. The van der Waals surface area contributed by atoms with E-state index >= 15 is 0 Å². The number of hydrogen-bond acceptors (Lipinski definition) is 3. The highest BCUT2D eigenvalue weighted by molar-refractivity contribution is 5.48. The van der Waals surface area contributed by atoms with Crippen LogP contribution in [0.4, 0.5) is 5.69 Å². The van der Waals surface area contributed by atoms with Gasteiger partial charge in [-0.1, -0.05) is 42.3 Å². The molecule has 1 N–H and O–H groups in total. The van der Waals surface area contributed by atoms with Gasteiger partial charge in [-0.3, -0.25) is 0 Å². The number of para-hydroxylation sites is 2. The van der Waals surface area contributed by atoms with Crippen molar-refractivity contribution in [2.75, 3.05) is 11.9 Å². The third kappa shape index (κ3) is 4.79. The maximum absolute atomic E-state index is 5.79. The van der Waals surface area contributed by atoms with E-state index in [-0.39, 0.29) is 6.61 Å². The Kier molecular flexibility index (Phi) is 5.58. The normalized spacial score (nSPS) is 9.88. The number of ether oxygens (including phenoxy) is 2. The minimum Gasteiger partial charge on any atom is -0.481 e. The first kappa shape index (κ1) is 16.5. The van der Waals surface area contributed by atoms with E-state index < -0.39 is 0 Å². The third-order valence-corrected chi connectivity index (χ3v) is 3.60. The molecule has 25 heavy (non-hydrogen) atoms. The molecule has 0 atom stereocenters. The second kappa shape index (κ2) is 8.47. The highest BCUT2D eigenvalue weighted by Crippen LogP contribution is 2.24. The van der Waals surface area contributed by atoms with E-state index in [2.05, 4.69) is 11.2 Å². The van der Waals surface area contributed by atoms with Crippen molar-refractivity contribution in [3.63, 3.8) is 0 Å². The maximum atomic E-state index is 5.79. The van der Waals surface area contributed by atoms with E-state index in [1.807, 2.05) is 78.9 Å². The van der Waals surface area contributed by atoms with Crippen LogP contribution < -0.4 is 14.8 Å². The first-order chi connectivity index (χ1) is 12.3. The summed E-state index contributed by atoms with van der Waals surface area (Å²) in [5.41, 5.74) is 2.06. The summed E-state index contributed by atoms with van der Waals surface area (Å²) in [5.74, 6) is 4.91. The second-order valence-electron chi connectivity index (χ2n) is 5.39. The summed E-state index contributed by atoms with van der Waals surface area (Å²) in [6.07, 6.45) is 5.26. The minimum absolute atomic E-state index is 0.266. The number of hydrogen-bond donors (Lipinski definition) is 1. The lowest BCUT2D eigenvalue weighted by molar-refractivity contribution is 0.366. The van der Waals surface area contributed by atoms with E-state index in [0.717, 1.165) is 28.5 Å². The standard InChI is InChI=1S/C22H19NO2/c1-2-16-24-22-11-7-6-8-18(22)17-23-19-12-14-21(15-13-19)25-20-9-4-3-5-10-20/h1,3-15,23H,16-17H2. The lowest BCUT2D eigenvalue weighted by Crippen LogP contribution is -2.03. The summed E-state index contributed by atoms with van der Waals surface area (Å²) < 4.78 is 11.4. The van der Waals surface area contributed by atoms with Crippen LogP contribution in [0.2, 0.25) is 0 Å². The van der Waals surface area contributed by atoms with Gasteiger partial charge in [-0.25, -0.2) is 0 Å². The summed E-state index contributed by atoms with van der Waals surface area (Å²) in [5, 5.41) is 3.38. The average Bonchev–Trinajstić information content (AvgIpc) is 2.67.